The van der Waals surface area contributed by atoms with Crippen LogP contribution in [0.2, 0.25) is 0 Å². The Bertz CT molecular complexity index is 158. The molecule has 2 N–H and O–H groups in total. The van der Waals surface area contributed by atoms with Gasteiger partial charge in [0.2, 0.25) is 0 Å². The number of guanidine groups is 1. The Kier molecular flexibility index (Phi) is 3.05. The highest BCUT2D eigenvalue weighted by molar-refractivity contribution is 7.99. The molecule has 11 heavy (non-hydrogen) atoms. The number of nitrogens with two attached hydrogens (primary N) is 1. The fourth-order valence-corrected chi connectivity index (χ4v) is 2.21. The van der Waals surface area contributed by atoms with Gasteiger partial charge in [-0.2, -0.15) is 11.8 Å². The summed E-state index contributed by atoms with van der Waals surface area (Å²) in [5, 5.41) is 0. The summed E-state index contributed by atoms with van der Waals surface area (Å²) in [5.41, 5.74) is 5.70. The van der Waals surface area contributed by atoms with Gasteiger partial charge in [0.05, 0.1) is 0 Å². The van der Waals surface area contributed by atoms with Gasteiger partial charge in [-0.05, 0) is 6.92 Å². The van der Waals surface area contributed by atoms with Crippen molar-refractivity contribution < 1.29 is 0 Å². The van der Waals surface area contributed by atoms with E-state index in [4.69, 9.17) is 5.73 Å². The second-order valence-corrected chi connectivity index (χ2v) is 3.85. The third kappa shape index (κ3) is 2.02. The largest absolute Gasteiger partial charge is 0.370 e. The summed E-state index contributed by atoms with van der Waals surface area (Å²) in [6.07, 6.45) is 0. The van der Waals surface area contributed by atoms with Crippen molar-refractivity contribution in [1.82, 2.24) is 4.90 Å². The molecule has 1 fully saturated rings. The zero-order valence-electron chi connectivity index (χ0n) is 7.08. The first kappa shape index (κ1) is 8.71. The molecule has 1 aliphatic rings. The van der Waals surface area contributed by atoms with Crippen LogP contribution in [0.25, 0.3) is 0 Å². The van der Waals surface area contributed by atoms with E-state index in [-0.39, 0.29) is 0 Å². The maximum absolute atomic E-state index is 5.70. The first-order chi connectivity index (χ1) is 5.25. The van der Waals surface area contributed by atoms with Crippen LogP contribution in [0.3, 0.4) is 0 Å². The third-order valence-corrected chi connectivity index (χ3v) is 3.08. The Labute approximate surface area is 72.0 Å². The van der Waals surface area contributed by atoms with Crippen LogP contribution in [0, 0.1) is 0 Å². The van der Waals surface area contributed by atoms with E-state index in [1.807, 2.05) is 11.8 Å². The van der Waals surface area contributed by atoms with Crippen molar-refractivity contribution in [2.75, 3.05) is 25.1 Å². The fourth-order valence-electron chi connectivity index (χ4n) is 1.20. The highest BCUT2D eigenvalue weighted by atomic mass is 32.2. The van der Waals surface area contributed by atoms with Crippen molar-refractivity contribution in [1.29, 1.82) is 0 Å². The molecule has 1 rings (SSSR count). The van der Waals surface area contributed by atoms with Crippen LogP contribution in [0.5, 0.6) is 0 Å². The summed E-state index contributed by atoms with van der Waals surface area (Å²) in [6, 6.07) is 0.539. The first-order valence-corrected chi connectivity index (χ1v) is 4.98. The fraction of sp³-hybridized carbons (Fsp3) is 0.857. The zero-order valence-corrected chi connectivity index (χ0v) is 7.90. The molecule has 0 amide bonds. The normalized spacial score (nSPS) is 27.3. The molecular weight excluding hydrogens is 158 g/mol. The number of thioether (sulfide) groups is 1. The Morgan fingerprint density at radius 1 is 1.73 bits per heavy atom. The maximum Gasteiger partial charge on any atom is 0.191 e. The van der Waals surface area contributed by atoms with Gasteiger partial charge in [-0.1, -0.05) is 0 Å². The SMILES string of the molecule is CN=C(N)N1CCSCC1C. The molecular formula is C7H15N3S. The number of rotatable bonds is 0. The predicted octanol–water partition coefficient (Wildman–Crippen LogP) is 0.368. The van der Waals surface area contributed by atoms with Gasteiger partial charge in [0, 0.05) is 31.1 Å². The van der Waals surface area contributed by atoms with Crippen LogP contribution in [-0.4, -0.2) is 42.0 Å². The van der Waals surface area contributed by atoms with Crippen LogP contribution in [0.1, 0.15) is 6.92 Å². The zero-order chi connectivity index (χ0) is 8.27. The molecule has 4 heteroatoms. The molecule has 1 aliphatic heterocycles. The standard InChI is InChI=1S/C7H15N3S/c1-6-5-11-4-3-10(6)7(8)9-2/h6H,3-5H2,1-2H3,(H2,8,9). The highest BCUT2D eigenvalue weighted by Crippen LogP contribution is 2.14. The summed E-state index contributed by atoms with van der Waals surface area (Å²) in [6.45, 7) is 3.22. The molecule has 0 bridgehead atoms. The lowest BCUT2D eigenvalue weighted by Gasteiger charge is -2.33. The van der Waals surface area contributed by atoms with Crippen LogP contribution in [0.15, 0.2) is 4.99 Å². The van der Waals surface area contributed by atoms with Crippen molar-refractivity contribution >= 4 is 17.7 Å². The Morgan fingerprint density at radius 2 is 2.45 bits per heavy atom. The molecule has 0 spiro atoms. The maximum atomic E-state index is 5.70. The molecule has 0 radical (unpaired) electrons. The smallest absolute Gasteiger partial charge is 0.191 e. The summed E-state index contributed by atoms with van der Waals surface area (Å²) in [5.74, 6) is 3.01. The van der Waals surface area contributed by atoms with Crippen LogP contribution in [0.4, 0.5) is 0 Å². The Hall–Kier alpha value is -0.380. The second-order valence-electron chi connectivity index (χ2n) is 2.70. The molecule has 0 saturated carbocycles. The minimum absolute atomic E-state index is 0.539. The lowest BCUT2D eigenvalue weighted by molar-refractivity contribution is 0.361. The lowest BCUT2D eigenvalue weighted by Crippen LogP contribution is -2.48. The van der Waals surface area contributed by atoms with E-state index in [0.717, 1.165) is 12.3 Å². The van der Waals surface area contributed by atoms with Crippen LogP contribution >= 0.6 is 11.8 Å². The quantitative estimate of drug-likeness (QED) is 0.425. The third-order valence-electron chi connectivity index (χ3n) is 1.89. The first-order valence-electron chi connectivity index (χ1n) is 3.82. The van der Waals surface area contributed by atoms with E-state index in [1.54, 1.807) is 7.05 Å². The minimum atomic E-state index is 0.539. The number of aliphatic imine (C=N–C) groups is 1. The average Bonchev–Trinajstić information content (AvgIpc) is 2.04. The van der Waals surface area contributed by atoms with E-state index < -0.39 is 0 Å². The van der Waals surface area contributed by atoms with Gasteiger partial charge in [-0.15, -0.1) is 0 Å². The highest BCUT2D eigenvalue weighted by Gasteiger charge is 2.19. The van der Waals surface area contributed by atoms with Gasteiger partial charge in [-0.3, -0.25) is 4.99 Å². The molecule has 1 saturated heterocycles. The number of hydrogen-bond donors (Lipinski definition) is 1. The second kappa shape index (κ2) is 3.85. The summed E-state index contributed by atoms with van der Waals surface area (Å²) in [7, 11) is 1.74. The van der Waals surface area contributed by atoms with Crippen molar-refractivity contribution in [3.05, 3.63) is 0 Å². The molecule has 1 heterocycles. The Balaban J connectivity index is 2.54. The van der Waals surface area contributed by atoms with E-state index in [2.05, 4.69) is 16.8 Å². The van der Waals surface area contributed by atoms with Gasteiger partial charge < -0.3 is 10.6 Å². The number of nitrogens with zero attached hydrogens (tertiary/aromatic N) is 2. The van der Waals surface area contributed by atoms with Crippen molar-refractivity contribution in [2.24, 2.45) is 10.7 Å². The van der Waals surface area contributed by atoms with E-state index in [1.165, 1.54) is 5.75 Å². The lowest BCUT2D eigenvalue weighted by atomic mass is 10.3. The molecule has 3 nitrogen and oxygen atoms in total. The van der Waals surface area contributed by atoms with Crippen LogP contribution < -0.4 is 5.73 Å². The van der Waals surface area contributed by atoms with Crippen molar-refractivity contribution in [2.45, 2.75) is 13.0 Å². The molecule has 1 atom stereocenters. The summed E-state index contributed by atoms with van der Waals surface area (Å²) >= 11 is 1.98. The van der Waals surface area contributed by atoms with Crippen molar-refractivity contribution in [3.63, 3.8) is 0 Å². The van der Waals surface area contributed by atoms with Gasteiger partial charge >= 0.3 is 0 Å². The van der Waals surface area contributed by atoms with Gasteiger partial charge in [0.15, 0.2) is 5.96 Å². The predicted molar refractivity (Wildman–Crippen MR) is 51.0 cm³/mol. The monoisotopic (exact) mass is 173 g/mol. The molecule has 1 unspecified atom stereocenters. The summed E-state index contributed by atoms with van der Waals surface area (Å²) in [4.78, 5) is 6.14. The van der Waals surface area contributed by atoms with Gasteiger partial charge in [-0.25, -0.2) is 0 Å². The molecule has 0 aromatic heterocycles. The van der Waals surface area contributed by atoms with Crippen molar-refractivity contribution in [3.8, 4) is 0 Å². The van der Waals surface area contributed by atoms with E-state index in [0.29, 0.717) is 12.0 Å². The Morgan fingerprint density at radius 3 is 3.00 bits per heavy atom. The molecule has 0 aromatic carbocycles. The topological polar surface area (TPSA) is 41.6 Å². The van der Waals surface area contributed by atoms with Crippen LogP contribution in [-0.2, 0) is 0 Å². The minimum Gasteiger partial charge on any atom is -0.370 e. The summed E-state index contributed by atoms with van der Waals surface area (Å²) < 4.78 is 0. The molecule has 0 aliphatic carbocycles. The van der Waals surface area contributed by atoms with Gasteiger partial charge in [0.25, 0.3) is 0 Å². The van der Waals surface area contributed by atoms with E-state index >= 15 is 0 Å². The molecule has 0 aromatic rings. The van der Waals surface area contributed by atoms with Gasteiger partial charge in [0.1, 0.15) is 0 Å². The number of hydrogen-bond acceptors (Lipinski definition) is 2. The van der Waals surface area contributed by atoms with E-state index in [9.17, 15) is 0 Å². The molecule has 64 valence electrons. The average molecular weight is 173 g/mol.